The number of nitrogens with one attached hydrogen (secondary N) is 1. The van der Waals surface area contributed by atoms with E-state index in [1.54, 1.807) is 24.5 Å². The van der Waals surface area contributed by atoms with Gasteiger partial charge in [0, 0.05) is 30.4 Å². The van der Waals surface area contributed by atoms with Crippen LogP contribution in [0.5, 0.6) is 5.75 Å². The Bertz CT molecular complexity index is 1530. The van der Waals surface area contributed by atoms with Gasteiger partial charge < -0.3 is 9.26 Å². The molecule has 4 heterocycles. The van der Waals surface area contributed by atoms with Gasteiger partial charge in [-0.25, -0.2) is 14.3 Å². The predicted octanol–water partition coefficient (Wildman–Crippen LogP) is 4.54. The number of hydrogen-bond acceptors (Lipinski definition) is 6. The third-order valence-corrected chi connectivity index (χ3v) is 5.18. The number of benzene rings is 1. The molecule has 172 valence electrons. The van der Waals surface area contributed by atoms with Gasteiger partial charge in [0.1, 0.15) is 11.4 Å². The highest BCUT2D eigenvalue weighted by atomic mass is 19.4. The minimum atomic E-state index is -4.78. The van der Waals surface area contributed by atoms with Crippen LogP contribution in [0.15, 0.2) is 70.2 Å². The minimum Gasteiger partial charge on any atom is -0.406 e. The highest BCUT2D eigenvalue weighted by Crippen LogP contribution is 2.29. The van der Waals surface area contributed by atoms with Crippen LogP contribution in [-0.2, 0) is 6.42 Å². The number of aromatic amines is 1. The van der Waals surface area contributed by atoms with Gasteiger partial charge in [0.05, 0.1) is 5.69 Å². The van der Waals surface area contributed by atoms with Crippen molar-refractivity contribution in [1.29, 1.82) is 0 Å². The highest BCUT2D eigenvalue weighted by Gasteiger charge is 2.31. The zero-order valence-corrected chi connectivity index (χ0v) is 17.6. The van der Waals surface area contributed by atoms with Crippen molar-refractivity contribution in [3.05, 3.63) is 88.2 Å². The number of rotatable bonds is 5. The van der Waals surface area contributed by atoms with Gasteiger partial charge in [0.25, 0.3) is 0 Å². The summed E-state index contributed by atoms with van der Waals surface area (Å²) in [6.07, 6.45) is -1.25. The number of alkyl halides is 3. The Morgan fingerprint density at radius 3 is 2.65 bits per heavy atom. The first-order valence-electron chi connectivity index (χ1n) is 10.1. The quantitative estimate of drug-likeness (QED) is 0.408. The van der Waals surface area contributed by atoms with E-state index in [-0.39, 0.29) is 5.75 Å². The summed E-state index contributed by atoms with van der Waals surface area (Å²) in [7, 11) is 0. The van der Waals surface area contributed by atoms with Crippen molar-refractivity contribution in [1.82, 2.24) is 24.7 Å². The fourth-order valence-corrected chi connectivity index (χ4v) is 3.66. The molecule has 0 aliphatic rings. The van der Waals surface area contributed by atoms with Crippen LogP contribution in [0.1, 0.15) is 16.8 Å². The molecule has 5 rings (SSSR count). The largest absolute Gasteiger partial charge is 0.573 e. The second-order valence-electron chi connectivity index (χ2n) is 7.58. The Labute approximate surface area is 189 Å². The van der Waals surface area contributed by atoms with E-state index in [1.807, 2.05) is 19.1 Å². The van der Waals surface area contributed by atoms with Gasteiger partial charge in [-0.2, -0.15) is 5.10 Å². The molecule has 0 atom stereocenters. The molecule has 0 saturated heterocycles. The molecule has 8 nitrogen and oxygen atoms in total. The van der Waals surface area contributed by atoms with Gasteiger partial charge in [-0.1, -0.05) is 23.4 Å². The lowest BCUT2D eigenvalue weighted by molar-refractivity contribution is -0.274. The first kappa shape index (κ1) is 21.4. The maximum absolute atomic E-state index is 12.5. The zero-order chi connectivity index (χ0) is 23.9. The Kier molecular flexibility index (Phi) is 5.16. The van der Waals surface area contributed by atoms with Gasteiger partial charge in [-0.3, -0.25) is 4.98 Å². The van der Waals surface area contributed by atoms with E-state index in [2.05, 4.69) is 25.1 Å². The Hall–Kier alpha value is -4.41. The van der Waals surface area contributed by atoms with E-state index in [0.717, 1.165) is 5.56 Å². The molecule has 0 fully saturated rings. The average Bonchev–Trinajstić information content (AvgIpc) is 3.40. The van der Waals surface area contributed by atoms with E-state index in [4.69, 9.17) is 4.52 Å². The Balaban J connectivity index is 1.50. The topological polar surface area (TPSA) is 98.3 Å². The number of hydrogen-bond donors (Lipinski definition) is 1. The molecule has 0 amide bonds. The number of aromatic nitrogens is 5. The van der Waals surface area contributed by atoms with E-state index in [1.165, 1.54) is 28.7 Å². The summed E-state index contributed by atoms with van der Waals surface area (Å²) in [4.78, 5) is 16.6. The van der Waals surface area contributed by atoms with Gasteiger partial charge in [-0.05, 0) is 47.9 Å². The summed E-state index contributed by atoms with van der Waals surface area (Å²) >= 11 is 0. The molecule has 0 spiro atoms. The summed E-state index contributed by atoms with van der Waals surface area (Å²) in [5.41, 5.74) is 4.05. The number of ether oxygens (including phenoxy) is 1. The molecule has 0 bridgehead atoms. The van der Waals surface area contributed by atoms with Gasteiger partial charge in [-0.15, -0.1) is 13.2 Å². The molecule has 4 aromatic heterocycles. The lowest BCUT2D eigenvalue weighted by atomic mass is 10.0. The number of pyridine rings is 2. The van der Waals surface area contributed by atoms with Crippen LogP contribution >= 0.6 is 0 Å². The molecular formula is C23H16F3N5O3. The van der Waals surface area contributed by atoms with Crippen molar-refractivity contribution in [2.24, 2.45) is 0 Å². The molecule has 0 radical (unpaired) electrons. The van der Waals surface area contributed by atoms with Crippen LogP contribution in [0.2, 0.25) is 0 Å². The standard InChI is InChI=1S/C23H16F3N5O3/c1-13-3-2-8-27-20(13)19-11-17(30-34-19)10-15-9-16(12-31-21(15)28-29-22(31)32)14-4-6-18(7-5-14)33-23(24,25)26/h2-9,11-12H,10H2,1H3,(H,29,32). The molecule has 11 heteroatoms. The molecule has 1 N–H and O–H groups in total. The van der Waals surface area contributed by atoms with Crippen molar-refractivity contribution in [2.75, 3.05) is 0 Å². The first-order valence-corrected chi connectivity index (χ1v) is 10.1. The van der Waals surface area contributed by atoms with Crippen LogP contribution < -0.4 is 10.4 Å². The maximum Gasteiger partial charge on any atom is 0.573 e. The van der Waals surface area contributed by atoms with Crippen LogP contribution in [-0.4, -0.2) is 31.1 Å². The van der Waals surface area contributed by atoms with Crippen LogP contribution in [0.4, 0.5) is 13.2 Å². The number of H-pyrrole nitrogens is 1. The van der Waals surface area contributed by atoms with Crippen molar-refractivity contribution in [3.8, 4) is 28.3 Å². The van der Waals surface area contributed by atoms with Crippen LogP contribution in [0.25, 0.3) is 28.2 Å². The van der Waals surface area contributed by atoms with E-state index in [0.29, 0.717) is 45.9 Å². The second kappa shape index (κ2) is 8.18. The third-order valence-electron chi connectivity index (χ3n) is 5.18. The fourth-order valence-electron chi connectivity index (χ4n) is 3.66. The summed E-state index contributed by atoms with van der Waals surface area (Å²) in [5.74, 6) is 0.179. The second-order valence-corrected chi connectivity index (χ2v) is 7.58. The van der Waals surface area contributed by atoms with Crippen molar-refractivity contribution in [3.63, 3.8) is 0 Å². The Morgan fingerprint density at radius 1 is 1.12 bits per heavy atom. The van der Waals surface area contributed by atoms with Crippen LogP contribution in [0.3, 0.4) is 0 Å². The maximum atomic E-state index is 12.5. The smallest absolute Gasteiger partial charge is 0.406 e. The van der Waals surface area contributed by atoms with E-state index < -0.39 is 12.1 Å². The molecule has 0 unspecified atom stereocenters. The third kappa shape index (κ3) is 4.27. The molecular weight excluding hydrogens is 451 g/mol. The zero-order valence-electron chi connectivity index (χ0n) is 17.6. The lowest BCUT2D eigenvalue weighted by Crippen LogP contribution is -2.16. The normalized spacial score (nSPS) is 11.8. The minimum absolute atomic E-state index is 0.298. The van der Waals surface area contributed by atoms with Crippen molar-refractivity contribution < 1.29 is 22.4 Å². The first-order chi connectivity index (χ1) is 16.3. The van der Waals surface area contributed by atoms with Gasteiger partial charge >= 0.3 is 12.1 Å². The van der Waals surface area contributed by atoms with Crippen molar-refractivity contribution >= 4 is 5.65 Å². The SMILES string of the molecule is Cc1cccnc1-c1cc(Cc2cc(-c3ccc(OC(F)(F)F)cc3)cn3c(=O)[nH]nc23)no1. The Morgan fingerprint density at radius 2 is 1.91 bits per heavy atom. The molecule has 0 aliphatic heterocycles. The number of nitrogens with zero attached hydrogens (tertiary/aromatic N) is 4. The van der Waals surface area contributed by atoms with Crippen LogP contribution in [0, 0.1) is 6.92 Å². The number of aryl methyl sites for hydroxylation is 1. The lowest BCUT2D eigenvalue weighted by Gasteiger charge is -2.10. The van der Waals surface area contributed by atoms with E-state index >= 15 is 0 Å². The van der Waals surface area contributed by atoms with Crippen molar-refractivity contribution in [2.45, 2.75) is 19.7 Å². The monoisotopic (exact) mass is 467 g/mol. The van der Waals surface area contributed by atoms with Gasteiger partial charge in [0.2, 0.25) is 0 Å². The highest BCUT2D eigenvalue weighted by molar-refractivity contribution is 5.68. The predicted molar refractivity (Wildman–Crippen MR) is 115 cm³/mol. The summed E-state index contributed by atoms with van der Waals surface area (Å²) in [6.45, 7) is 1.92. The fraction of sp³-hybridized carbons (Fsp3) is 0.130. The summed E-state index contributed by atoms with van der Waals surface area (Å²) in [6, 6.07) is 12.7. The number of fused-ring (bicyclic) bond motifs is 1. The number of halogens is 3. The average molecular weight is 467 g/mol. The summed E-state index contributed by atoms with van der Waals surface area (Å²) < 4.78 is 48.1. The molecule has 1 aromatic carbocycles. The summed E-state index contributed by atoms with van der Waals surface area (Å²) in [5, 5.41) is 10.6. The van der Waals surface area contributed by atoms with E-state index in [9.17, 15) is 18.0 Å². The molecule has 0 saturated carbocycles. The van der Waals surface area contributed by atoms with Gasteiger partial charge in [0.15, 0.2) is 11.4 Å². The molecule has 34 heavy (non-hydrogen) atoms. The molecule has 5 aromatic rings. The molecule has 0 aliphatic carbocycles.